The Bertz CT molecular complexity index is 1060. The lowest BCUT2D eigenvalue weighted by molar-refractivity contribution is -0.145. The van der Waals surface area contributed by atoms with E-state index >= 15 is 0 Å². The van der Waals surface area contributed by atoms with Crippen LogP contribution in [0.3, 0.4) is 0 Å². The van der Waals surface area contributed by atoms with Crippen LogP contribution in [0.15, 0.2) is 59.5 Å². The molecule has 0 fully saturated rings. The molecule has 0 aliphatic carbocycles. The fourth-order valence-electron chi connectivity index (χ4n) is 2.82. The Balaban J connectivity index is 1.69. The number of ether oxygens (including phenoxy) is 1. The van der Waals surface area contributed by atoms with Gasteiger partial charge < -0.3 is 15.8 Å². The van der Waals surface area contributed by atoms with Crippen molar-refractivity contribution in [1.29, 1.82) is 0 Å². The third-order valence-corrected chi connectivity index (χ3v) is 4.13. The summed E-state index contributed by atoms with van der Waals surface area (Å²) in [4.78, 5) is 40.0. The molecule has 3 N–H and O–H groups in total. The van der Waals surface area contributed by atoms with Crippen LogP contribution >= 0.6 is 0 Å². The number of fused-ring (bicyclic) bond motifs is 1. The largest absolute Gasteiger partial charge is 0.459 e. The SMILES string of the molecule is Cc1ccc2nc(COC(=O)CC(NC(N)=O)c3ccccc3)cc(=O)n2c1. The zero-order valence-electron chi connectivity index (χ0n) is 15.3. The number of amides is 2. The molecule has 0 aliphatic heterocycles. The average Bonchev–Trinajstić information content (AvgIpc) is 2.67. The minimum atomic E-state index is -0.735. The molecule has 0 saturated carbocycles. The highest BCUT2D eigenvalue weighted by atomic mass is 16.5. The van der Waals surface area contributed by atoms with E-state index in [1.165, 1.54) is 10.5 Å². The van der Waals surface area contributed by atoms with E-state index in [-0.39, 0.29) is 18.6 Å². The van der Waals surface area contributed by atoms with Gasteiger partial charge in [0.25, 0.3) is 5.56 Å². The molecule has 8 nitrogen and oxygen atoms in total. The number of nitrogens with one attached hydrogen (secondary N) is 1. The second-order valence-corrected chi connectivity index (χ2v) is 6.36. The van der Waals surface area contributed by atoms with E-state index in [0.29, 0.717) is 11.3 Å². The van der Waals surface area contributed by atoms with E-state index < -0.39 is 18.0 Å². The number of carbonyl (C=O) groups excluding carboxylic acids is 2. The maximum atomic E-state index is 12.2. The van der Waals surface area contributed by atoms with Gasteiger partial charge in [0, 0.05) is 12.3 Å². The van der Waals surface area contributed by atoms with Crippen LogP contribution in [0.5, 0.6) is 0 Å². The number of pyridine rings is 1. The van der Waals surface area contributed by atoms with Crippen molar-refractivity contribution in [3.8, 4) is 0 Å². The van der Waals surface area contributed by atoms with Crippen LogP contribution in [-0.2, 0) is 16.1 Å². The fourth-order valence-corrected chi connectivity index (χ4v) is 2.82. The molecule has 3 rings (SSSR count). The number of hydrogen-bond donors (Lipinski definition) is 2. The number of aryl methyl sites for hydroxylation is 1. The maximum absolute atomic E-state index is 12.2. The summed E-state index contributed by atoms with van der Waals surface area (Å²) in [6.07, 6.45) is 1.60. The molecule has 2 amide bonds. The van der Waals surface area contributed by atoms with Gasteiger partial charge in [0.05, 0.1) is 18.2 Å². The average molecular weight is 380 g/mol. The summed E-state index contributed by atoms with van der Waals surface area (Å²) in [5.41, 5.74) is 7.44. The number of nitrogens with zero attached hydrogens (tertiary/aromatic N) is 2. The summed E-state index contributed by atoms with van der Waals surface area (Å²) in [5, 5.41) is 2.53. The number of primary amides is 1. The van der Waals surface area contributed by atoms with E-state index in [9.17, 15) is 14.4 Å². The highest BCUT2D eigenvalue weighted by Crippen LogP contribution is 2.17. The Morgan fingerprint density at radius 1 is 1.21 bits per heavy atom. The van der Waals surface area contributed by atoms with Crippen molar-refractivity contribution < 1.29 is 14.3 Å². The number of aromatic nitrogens is 2. The second kappa shape index (κ2) is 8.34. The zero-order chi connectivity index (χ0) is 20.1. The standard InChI is InChI=1S/C20H20N4O4/c1-13-7-8-17-22-15(9-18(25)24(17)11-13)12-28-19(26)10-16(23-20(21)27)14-5-3-2-4-6-14/h2-9,11,16H,10,12H2,1H3,(H3,21,23,27). The molecule has 144 valence electrons. The van der Waals surface area contributed by atoms with Gasteiger partial charge in [0.1, 0.15) is 12.3 Å². The lowest BCUT2D eigenvalue weighted by atomic mass is 10.0. The molecule has 28 heavy (non-hydrogen) atoms. The van der Waals surface area contributed by atoms with Crippen LogP contribution in [0.2, 0.25) is 0 Å². The number of urea groups is 1. The predicted octanol–water partition coefficient (Wildman–Crippen LogP) is 1.85. The third kappa shape index (κ3) is 4.73. The van der Waals surface area contributed by atoms with Gasteiger partial charge in [-0.25, -0.2) is 9.78 Å². The summed E-state index contributed by atoms with van der Waals surface area (Å²) in [7, 11) is 0. The van der Waals surface area contributed by atoms with Gasteiger partial charge in [-0.3, -0.25) is 14.0 Å². The molecule has 0 radical (unpaired) electrons. The molecule has 3 aromatic rings. The topological polar surface area (TPSA) is 116 Å². The first-order valence-electron chi connectivity index (χ1n) is 8.68. The van der Waals surface area contributed by atoms with Crippen molar-refractivity contribution >= 4 is 17.6 Å². The van der Waals surface area contributed by atoms with Crippen LogP contribution in [0.1, 0.15) is 29.3 Å². The molecule has 1 unspecified atom stereocenters. The van der Waals surface area contributed by atoms with Gasteiger partial charge in [-0.05, 0) is 24.1 Å². The van der Waals surface area contributed by atoms with Crippen molar-refractivity contribution in [1.82, 2.24) is 14.7 Å². The Hall–Kier alpha value is -3.68. The first kappa shape index (κ1) is 19.1. The van der Waals surface area contributed by atoms with Gasteiger partial charge >= 0.3 is 12.0 Å². The van der Waals surface area contributed by atoms with Gasteiger partial charge in [-0.2, -0.15) is 0 Å². The normalized spacial score (nSPS) is 11.8. The number of benzene rings is 1. The molecule has 2 aromatic heterocycles. The lowest BCUT2D eigenvalue weighted by Gasteiger charge is -2.17. The molecule has 0 saturated heterocycles. The number of nitrogens with two attached hydrogens (primary N) is 1. The highest BCUT2D eigenvalue weighted by molar-refractivity contribution is 5.75. The van der Waals surface area contributed by atoms with Crippen LogP contribution in [0, 0.1) is 6.92 Å². The van der Waals surface area contributed by atoms with Crippen molar-refractivity contribution in [2.45, 2.75) is 26.0 Å². The maximum Gasteiger partial charge on any atom is 0.312 e. The van der Waals surface area contributed by atoms with Crippen molar-refractivity contribution in [2.24, 2.45) is 5.73 Å². The lowest BCUT2D eigenvalue weighted by Crippen LogP contribution is -2.34. The van der Waals surface area contributed by atoms with Crippen LogP contribution < -0.4 is 16.6 Å². The fraction of sp³-hybridized carbons (Fsp3) is 0.200. The third-order valence-electron chi connectivity index (χ3n) is 4.13. The van der Waals surface area contributed by atoms with Gasteiger partial charge in [0.15, 0.2) is 0 Å². The van der Waals surface area contributed by atoms with E-state index in [4.69, 9.17) is 10.5 Å². The first-order chi connectivity index (χ1) is 13.4. The van der Waals surface area contributed by atoms with Crippen molar-refractivity contribution in [3.05, 3.63) is 81.9 Å². The number of esters is 1. The number of rotatable bonds is 6. The first-order valence-corrected chi connectivity index (χ1v) is 8.68. The Morgan fingerprint density at radius 3 is 2.68 bits per heavy atom. The van der Waals surface area contributed by atoms with Crippen LogP contribution in [0.4, 0.5) is 4.79 Å². The minimum Gasteiger partial charge on any atom is -0.459 e. The van der Waals surface area contributed by atoms with E-state index in [0.717, 1.165) is 11.1 Å². The van der Waals surface area contributed by atoms with Crippen molar-refractivity contribution in [3.63, 3.8) is 0 Å². The van der Waals surface area contributed by atoms with Crippen molar-refractivity contribution in [2.75, 3.05) is 0 Å². The highest BCUT2D eigenvalue weighted by Gasteiger charge is 2.18. The molecular weight excluding hydrogens is 360 g/mol. The van der Waals surface area contributed by atoms with E-state index in [1.807, 2.05) is 19.1 Å². The van der Waals surface area contributed by atoms with Crippen LogP contribution in [0.25, 0.3) is 5.65 Å². The Morgan fingerprint density at radius 2 is 1.96 bits per heavy atom. The summed E-state index contributed by atoms with van der Waals surface area (Å²) in [5.74, 6) is -0.548. The zero-order valence-corrected chi connectivity index (χ0v) is 15.3. The quantitative estimate of drug-likeness (QED) is 0.633. The van der Waals surface area contributed by atoms with E-state index in [1.54, 1.807) is 36.5 Å². The summed E-state index contributed by atoms with van der Waals surface area (Å²) in [6.45, 7) is 1.74. The molecule has 0 bridgehead atoms. The molecule has 0 aliphatic rings. The predicted molar refractivity (Wildman–Crippen MR) is 103 cm³/mol. The second-order valence-electron chi connectivity index (χ2n) is 6.36. The minimum absolute atomic E-state index is 0.0985. The Labute approximate surface area is 161 Å². The van der Waals surface area contributed by atoms with Gasteiger partial charge in [-0.1, -0.05) is 36.4 Å². The molecule has 2 heterocycles. The molecule has 0 spiro atoms. The molecule has 1 aromatic carbocycles. The Kier molecular flexibility index (Phi) is 5.69. The van der Waals surface area contributed by atoms with E-state index in [2.05, 4.69) is 10.3 Å². The summed E-state index contributed by atoms with van der Waals surface area (Å²) >= 11 is 0. The molecular formula is C20H20N4O4. The summed E-state index contributed by atoms with van der Waals surface area (Å²) in [6, 6.07) is 12.5. The molecule has 8 heteroatoms. The summed E-state index contributed by atoms with van der Waals surface area (Å²) < 4.78 is 6.68. The van der Waals surface area contributed by atoms with Gasteiger partial charge in [-0.15, -0.1) is 0 Å². The van der Waals surface area contributed by atoms with Gasteiger partial charge in [0.2, 0.25) is 0 Å². The smallest absolute Gasteiger partial charge is 0.312 e. The molecule has 1 atom stereocenters. The van der Waals surface area contributed by atoms with Crippen LogP contribution in [-0.4, -0.2) is 21.4 Å². The monoisotopic (exact) mass is 380 g/mol. The number of hydrogen-bond acceptors (Lipinski definition) is 5. The number of carbonyl (C=O) groups is 2.